The van der Waals surface area contributed by atoms with E-state index in [0.29, 0.717) is 36.1 Å². The van der Waals surface area contributed by atoms with Crippen LogP contribution in [-0.2, 0) is 0 Å². The summed E-state index contributed by atoms with van der Waals surface area (Å²) in [6.07, 6.45) is 0.554. The van der Waals surface area contributed by atoms with Gasteiger partial charge < -0.3 is 10.6 Å². The van der Waals surface area contributed by atoms with Crippen molar-refractivity contribution >= 4 is 34.5 Å². The molecule has 0 bridgehead atoms. The predicted octanol–water partition coefficient (Wildman–Crippen LogP) is 1.92. The molecule has 0 saturated carbocycles. The Labute approximate surface area is 111 Å². The molecule has 1 heterocycles. The fourth-order valence-electron chi connectivity index (χ4n) is 1.44. The minimum absolute atomic E-state index is 0.0452. The largest absolute Gasteiger partial charge is 0.393 e. The van der Waals surface area contributed by atoms with Crippen molar-refractivity contribution in [3.8, 4) is 0 Å². The number of carbonyl (C=O) groups is 1. The lowest BCUT2D eigenvalue weighted by Gasteiger charge is -2.23. The Hall–Kier alpha value is -1.01. The van der Waals surface area contributed by atoms with Crippen LogP contribution >= 0.6 is 23.6 Å². The molecule has 6 heteroatoms. The third-order valence-corrected chi connectivity index (χ3v) is 2.94. The van der Waals surface area contributed by atoms with Gasteiger partial charge >= 0.3 is 0 Å². The normalized spacial score (nSPS) is 10.5. The van der Waals surface area contributed by atoms with Crippen LogP contribution in [-0.4, -0.2) is 33.9 Å². The Bertz CT molecular complexity index is 376. The average molecular weight is 271 g/mol. The average Bonchev–Trinajstić information content (AvgIpc) is 2.75. The van der Waals surface area contributed by atoms with Crippen molar-refractivity contribution in [2.45, 2.75) is 20.3 Å². The molecule has 0 fully saturated rings. The van der Waals surface area contributed by atoms with Gasteiger partial charge in [0.25, 0.3) is 5.91 Å². The lowest BCUT2D eigenvalue weighted by atomic mass is 10.2. The van der Waals surface area contributed by atoms with Gasteiger partial charge in [0, 0.05) is 24.9 Å². The Kier molecular flexibility index (Phi) is 5.50. The molecule has 17 heavy (non-hydrogen) atoms. The third kappa shape index (κ3) is 4.79. The first-order chi connectivity index (χ1) is 8.00. The van der Waals surface area contributed by atoms with Crippen LogP contribution in [0.2, 0.25) is 0 Å². The molecule has 0 unspecified atom stereocenters. The van der Waals surface area contributed by atoms with E-state index < -0.39 is 0 Å². The van der Waals surface area contributed by atoms with Crippen molar-refractivity contribution in [1.82, 2.24) is 9.88 Å². The summed E-state index contributed by atoms with van der Waals surface area (Å²) in [4.78, 5) is 18.4. The molecule has 94 valence electrons. The molecule has 1 amide bonds. The molecule has 4 nitrogen and oxygen atoms in total. The Morgan fingerprint density at radius 1 is 1.65 bits per heavy atom. The minimum atomic E-state index is -0.0452. The van der Waals surface area contributed by atoms with Gasteiger partial charge in [-0.25, -0.2) is 4.98 Å². The van der Waals surface area contributed by atoms with Crippen LogP contribution in [0, 0.1) is 5.92 Å². The summed E-state index contributed by atoms with van der Waals surface area (Å²) in [5.41, 5.74) is 7.63. The van der Waals surface area contributed by atoms with E-state index in [1.165, 1.54) is 11.3 Å². The van der Waals surface area contributed by atoms with Gasteiger partial charge in [-0.15, -0.1) is 11.3 Å². The van der Waals surface area contributed by atoms with Gasteiger partial charge in [0.2, 0.25) is 0 Å². The number of hydrogen-bond acceptors (Lipinski definition) is 4. The summed E-state index contributed by atoms with van der Waals surface area (Å²) in [5, 5.41) is 1.76. The number of hydrogen-bond donors (Lipinski definition) is 1. The van der Waals surface area contributed by atoms with E-state index in [1.807, 2.05) is 0 Å². The summed E-state index contributed by atoms with van der Waals surface area (Å²) in [7, 11) is 0. The number of amides is 1. The van der Waals surface area contributed by atoms with Crippen LogP contribution in [0.1, 0.15) is 30.8 Å². The Morgan fingerprint density at radius 3 is 2.82 bits per heavy atom. The summed E-state index contributed by atoms with van der Waals surface area (Å²) < 4.78 is 0. The predicted molar refractivity (Wildman–Crippen MR) is 74.3 cm³/mol. The van der Waals surface area contributed by atoms with E-state index >= 15 is 0 Å². The zero-order valence-electron chi connectivity index (χ0n) is 10.0. The van der Waals surface area contributed by atoms with E-state index in [-0.39, 0.29) is 5.91 Å². The molecule has 2 N–H and O–H groups in total. The van der Waals surface area contributed by atoms with Gasteiger partial charge in [-0.3, -0.25) is 4.79 Å². The fourth-order valence-corrected chi connectivity index (χ4v) is 2.06. The molecule has 0 spiro atoms. The lowest BCUT2D eigenvalue weighted by Crippen LogP contribution is -2.36. The molecule has 0 aliphatic rings. The second-order valence-electron chi connectivity index (χ2n) is 4.24. The zero-order chi connectivity index (χ0) is 12.8. The minimum Gasteiger partial charge on any atom is -0.393 e. The van der Waals surface area contributed by atoms with Gasteiger partial charge in [0.15, 0.2) is 0 Å². The summed E-state index contributed by atoms with van der Waals surface area (Å²) in [6, 6.07) is 0. The Morgan fingerprint density at radius 2 is 2.35 bits per heavy atom. The smallest absolute Gasteiger partial charge is 0.273 e. The lowest BCUT2D eigenvalue weighted by molar-refractivity contribution is 0.0736. The van der Waals surface area contributed by atoms with E-state index in [0.717, 1.165) is 0 Å². The monoisotopic (exact) mass is 271 g/mol. The third-order valence-electron chi connectivity index (χ3n) is 2.15. The number of thiocarbonyl (C=S) groups is 1. The van der Waals surface area contributed by atoms with Crippen molar-refractivity contribution < 1.29 is 4.79 Å². The van der Waals surface area contributed by atoms with Crippen molar-refractivity contribution in [3.05, 3.63) is 16.6 Å². The molecule has 1 aromatic heterocycles. The number of thiazole rings is 1. The van der Waals surface area contributed by atoms with Crippen molar-refractivity contribution in [1.29, 1.82) is 0 Å². The molecule has 1 aromatic rings. The second-order valence-corrected chi connectivity index (χ2v) is 5.48. The van der Waals surface area contributed by atoms with E-state index in [2.05, 4.69) is 18.8 Å². The number of carbonyl (C=O) groups excluding carboxylic acids is 1. The van der Waals surface area contributed by atoms with Crippen LogP contribution < -0.4 is 5.73 Å². The van der Waals surface area contributed by atoms with Gasteiger partial charge in [-0.1, -0.05) is 26.1 Å². The molecule has 1 rings (SSSR count). The number of rotatable bonds is 6. The van der Waals surface area contributed by atoms with Crippen molar-refractivity contribution in [3.63, 3.8) is 0 Å². The van der Waals surface area contributed by atoms with Gasteiger partial charge in [0.05, 0.1) is 10.5 Å². The molecule has 0 radical (unpaired) electrons. The molecule has 0 aromatic carbocycles. The van der Waals surface area contributed by atoms with E-state index in [4.69, 9.17) is 18.0 Å². The van der Waals surface area contributed by atoms with Crippen LogP contribution in [0.15, 0.2) is 10.9 Å². The number of aromatic nitrogens is 1. The first kappa shape index (κ1) is 14.1. The number of nitrogens with zero attached hydrogens (tertiary/aromatic N) is 2. The van der Waals surface area contributed by atoms with Crippen LogP contribution in [0.3, 0.4) is 0 Å². The van der Waals surface area contributed by atoms with E-state index in [1.54, 1.807) is 15.8 Å². The standard InChI is InChI=1S/C11H17N3OS2/c1-8(2)5-14(4-3-10(12)16)11(15)9-6-17-7-13-9/h6-8H,3-5H2,1-2H3,(H2,12,16). The summed E-state index contributed by atoms with van der Waals surface area (Å²) in [5.74, 6) is 0.361. The quantitative estimate of drug-likeness (QED) is 0.803. The van der Waals surface area contributed by atoms with Gasteiger partial charge in [0.1, 0.15) is 5.69 Å². The number of nitrogens with two attached hydrogens (primary N) is 1. The van der Waals surface area contributed by atoms with Crippen LogP contribution in [0.25, 0.3) is 0 Å². The van der Waals surface area contributed by atoms with E-state index in [9.17, 15) is 4.79 Å². The maximum absolute atomic E-state index is 12.1. The van der Waals surface area contributed by atoms with Crippen LogP contribution in [0.5, 0.6) is 0 Å². The van der Waals surface area contributed by atoms with Gasteiger partial charge in [-0.05, 0) is 5.92 Å². The zero-order valence-corrected chi connectivity index (χ0v) is 11.7. The highest BCUT2D eigenvalue weighted by Gasteiger charge is 2.18. The molecular weight excluding hydrogens is 254 g/mol. The highest BCUT2D eigenvalue weighted by atomic mass is 32.1. The molecule has 0 atom stereocenters. The maximum atomic E-state index is 12.1. The Balaban J connectivity index is 2.68. The second kappa shape index (κ2) is 6.66. The van der Waals surface area contributed by atoms with Gasteiger partial charge in [-0.2, -0.15) is 0 Å². The first-order valence-corrected chi connectivity index (χ1v) is 6.81. The summed E-state index contributed by atoms with van der Waals surface area (Å²) >= 11 is 6.26. The van der Waals surface area contributed by atoms with Crippen molar-refractivity contribution in [2.75, 3.05) is 13.1 Å². The van der Waals surface area contributed by atoms with Crippen molar-refractivity contribution in [2.24, 2.45) is 11.7 Å². The summed E-state index contributed by atoms with van der Waals surface area (Å²) in [6.45, 7) is 5.40. The highest BCUT2D eigenvalue weighted by Crippen LogP contribution is 2.09. The molecule has 0 saturated heterocycles. The molecule has 0 aliphatic heterocycles. The topological polar surface area (TPSA) is 59.2 Å². The molecule has 0 aliphatic carbocycles. The first-order valence-electron chi connectivity index (χ1n) is 5.46. The highest BCUT2D eigenvalue weighted by molar-refractivity contribution is 7.80. The van der Waals surface area contributed by atoms with Crippen LogP contribution in [0.4, 0.5) is 0 Å². The SMILES string of the molecule is CC(C)CN(CCC(N)=S)C(=O)c1cscn1. The fraction of sp³-hybridized carbons (Fsp3) is 0.545. The molecular formula is C11H17N3OS2. The maximum Gasteiger partial charge on any atom is 0.273 e.